The number of aromatic hydroxyl groups is 2. The molecule has 0 spiro atoms. The maximum absolute atomic E-state index is 10.4. The van der Waals surface area contributed by atoms with Crippen LogP contribution in [0.25, 0.3) is 32.8 Å². The van der Waals surface area contributed by atoms with Crippen molar-refractivity contribution in [3.05, 3.63) is 60.3 Å². The van der Waals surface area contributed by atoms with E-state index in [1.165, 1.54) is 0 Å². The van der Waals surface area contributed by atoms with E-state index in [-0.39, 0.29) is 11.5 Å². The highest BCUT2D eigenvalue weighted by Crippen LogP contribution is 2.44. The fourth-order valence-electron chi connectivity index (χ4n) is 2.99. The predicted octanol–water partition coefficient (Wildman–Crippen LogP) is 4.27. The Morgan fingerprint density at radius 2 is 1.78 bits per heavy atom. The minimum Gasteiger partial charge on any atom is -0.504 e. The molecule has 0 aliphatic carbocycles. The van der Waals surface area contributed by atoms with Crippen LogP contribution in [0.15, 0.2) is 54.7 Å². The average molecular weight is 300 g/mol. The van der Waals surface area contributed by atoms with Gasteiger partial charge in [0.2, 0.25) is 0 Å². The highest BCUT2D eigenvalue weighted by atomic mass is 16.3. The molecule has 0 aliphatic heterocycles. The molecular formula is C19H12N2O2. The van der Waals surface area contributed by atoms with Crippen molar-refractivity contribution in [3.63, 3.8) is 0 Å². The summed E-state index contributed by atoms with van der Waals surface area (Å²) in [5.41, 5.74) is 2.72. The van der Waals surface area contributed by atoms with Crippen molar-refractivity contribution in [2.75, 3.05) is 0 Å². The summed E-state index contributed by atoms with van der Waals surface area (Å²) in [6, 6.07) is 16.6. The number of nitrogens with one attached hydrogen (secondary N) is 1. The van der Waals surface area contributed by atoms with E-state index in [1.807, 2.05) is 30.3 Å². The number of fused-ring (bicyclic) bond motifs is 2. The smallest absolute Gasteiger partial charge is 0.166 e. The van der Waals surface area contributed by atoms with Gasteiger partial charge < -0.3 is 15.2 Å². The van der Waals surface area contributed by atoms with Crippen LogP contribution in [0.3, 0.4) is 0 Å². The average Bonchev–Trinajstić information content (AvgIpc) is 2.99. The Kier molecular flexibility index (Phi) is 2.75. The molecule has 0 aliphatic rings. The van der Waals surface area contributed by atoms with E-state index in [0.717, 1.165) is 27.2 Å². The van der Waals surface area contributed by atoms with E-state index >= 15 is 0 Å². The number of aromatic amines is 1. The second kappa shape index (κ2) is 4.79. The third-order valence-electron chi connectivity index (χ3n) is 4.08. The van der Waals surface area contributed by atoms with Gasteiger partial charge in [-0.3, -0.25) is 0 Å². The fourth-order valence-corrected chi connectivity index (χ4v) is 2.99. The van der Waals surface area contributed by atoms with Gasteiger partial charge in [0.25, 0.3) is 0 Å². The van der Waals surface area contributed by atoms with Crippen LogP contribution in [-0.2, 0) is 0 Å². The Labute approximate surface area is 131 Å². The molecule has 1 heterocycles. The summed E-state index contributed by atoms with van der Waals surface area (Å²) in [6.07, 6.45) is 1.78. The van der Waals surface area contributed by atoms with Gasteiger partial charge in [0, 0.05) is 28.2 Å². The second-order valence-electron chi connectivity index (χ2n) is 5.41. The van der Waals surface area contributed by atoms with Crippen LogP contribution in [0.5, 0.6) is 11.5 Å². The first-order chi connectivity index (χ1) is 11.2. The Morgan fingerprint density at radius 3 is 2.61 bits per heavy atom. The zero-order chi connectivity index (χ0) is 16.0. The minimum atomic E-state index is -0.163. The normalized spacial score (nSPS) is 10.9. The molecule has 3 aromatic carbocycles. The number of phenols is 2. The Balaban J connectivity index is 2.15. The first-order valence-corrected chi connectivity index (χ1v) is 7.14. The molecule has 3 N–H and O–H groups in total. The van der Waals surface area contributed by atoms with Crippen LogP contribution in [0.1, 0.15) is 5.56 Å². The Morgan fingerprint density at radius 1 is 0.957 bits per heavy atom. The summed E-state index contributed by atoms with van der Waals surface area (Å²) in [5.74, 6) is -0.323. The molecule has 4 heteroatoms. The SMILES string of the molecule is N#Cc1ccc2[nH]cc(-c3c(O)c(O)cc4ccccc34)c2c1. The summed E-state index contributed by atoms with van der Waals surface area (Å²) >= 11 is 0. The zero-order valence-corrected chi connectivity index (χ0v) is 12.0. The molecule has 0 atom stereocenters. The largest absolute Gasteiger partial charge is 0.504 e. The maximum atomic E-state index is 10.4. The summed E-state index contributed by atoms with van der Waals surface area (Å²) in [5, 5.41) is 32.1. The minimum absolute atomic E-state index is 0.160. The van der Waals surface area contributed by atoms with E-state index < -0.39 is 0 Å². The number of aromatic nitrogens is 1. The van der Waals surface area contributed by atoms with Crippen LogP contribution < -0.4 is 0 Å². The van der Waals surface area contributed by atoms with Crippen molar-refractivity contribution in [1.82, 2.24) is 4.98 Å². The molecule has 4 rings (SSSR count). The van der Waals surface area contributed by atoms with Gasteiger partial charge in [-0.25, -0.2) is 0 Å². The van der Waals surface area contributed by atoms with Crippen molar-refractivity contribution >= 4 is 21.7 Å². The molecule has 110 valence electrons. The quantitative estimate of drug-likeness (QED) is 0.459. The lowest BCUT2D eigenvalue weighted by Crippen LogP contribution is -1.84. The van der Waals surface area contributed by atoms with Crippen molar-refractivity contribution in [2.45, 2.75) is 0 Å². The molecule has 0 amide bonds. The number of benzene rings is 3. The van der Waals surface area contributed by atoms with E-state index in [4.69, 9.17) is 5.26 Å². The summed E-state index contributed by atoms with van der Waals surface area (Å²) in [7, 11) is 0. The number of phenolic OH excluding ortho intramolecular Hbond substituents is 2. The highest BCUT2D eigenvalue weighted by molar-refractivity contribution is 6.08. The highest BCUT2D eigenvalue weighted by Gasteiger charge is 2.17. The second-order valence-corrected chi connectivity index (χ2v) is 5.41. The number of hydrogen-bond acceptors (Lipinski definition) is 3. The molecule has 0 unspecified atom stereocenters. The summed E-state index contributed by atoms with van der Waals surface area (Å²) in [4.78, 5) is 3.15. The van der Waals surface area contributed by atoms with Crippen molar-refractivity contribution in [1.29, 1.82) is 5.26 Å². The van der Waals surface area contributed by atoms with Crippen LogP contribution in [0, 0.1) is 11.3 Å². The van der Waals surface area contributed by atoms with Gasteiger partial charge in [0.05, 0.1) is 11.6 Å². The lowest BCUT2D eigenvalue weighted by atomic mass is 9.96. The summed E-state index contributed by atoms with van der Waals surface area (Å²) < 4.78 is 0. The standard InChI is InChI=1S/C19H12N2O2/c20-9-11-5-6-16-14(7-11)15(10-21-16)18-13-4-2-1-3-12(13)8-17(22)19(18)23/h1-8,10,21-23H. The molecule has 4 nitrogen and oxygen atoms in total. The first kappa shape index (κ1) is 13.2. The molecular weight excluding hydrogens is 288 g/mol. The zero-order valence-electron chi connectivity index (χ0n) is 12.0. The van der Waals surface area contributed by atoms with Crippen LogP contribution >= 0.6 is 0 Å². The number of rotatable bonds is 1. The topological polar surface area (TPSA) is 80.0 Å². The number of hydrogen-bond donors (Lipinski definition) is 3. The predicted molar refractivity (Wildman–Crippen MR) is 89.3 cm³/mol. The molecule has 0 saturated carbocycles. The molecule has 0 radical (unpaired) electrons. The van der Waals surface area contributed by atoms with Crippen LogP contribution in [0.4, 0.5) is 0 Å². The molecule has 1 aromatic heterocycles. The lowest BCUT2D eigenvalue weighted by Gasteiger charge is -2.10. The van der Waals surface area contributed by atoms with Crippen molar-refractivity contribution in [3.8, 4) is 28.7 Å². The van der Waals surface area contributed by atoms with Gasteiger partial charge in [0.1, 0.15) is 0 Å². The number of nitrogens with zero attached hydrogens (tertiary/aromatic N) is 1. The fraction of sp³-hybridized carbons (Fsp3) is 0. The molecule has 4 aromatic rings. The van der Waals surface area contributed by atoms with Crippen molar-refractivity contribution < 1.29 is 10.2 Å². The Hall–Kier alpha value is -3.45. The van der Waals surface area contributed by atoms with Crippen LogP contribution in [0.2, 0.25) is 0 Å². The van der Waals surface area contributed by atoms with E-state index in [2.05, 4.69) is 11.1 Å². The van der Waals surface area contributed by atoms with Gasteiger partial charge in [-0.05, 0) is 35.0 Å². The van der Waals surface area contributed by atoms with E-state index in [0.29, 0.717) is 11.1 Å². The summed E-state index contributed by atoms with van der Waals surface area (Å²) in [6.45, 7) is 0. The number of nitriles is 1. The molecule has 0 saturated heterocycles. The van der Waals surface area contributed by atoms with E-state index in [1.54, 1.807) is 24.4 Å². The number of H-pyrrole nitrogens is 1. The Bertz CT molecular complexity index is 1100. The third-order valence-corrected chi connectivity index (χ3v) is 4.08. The van der Waals surface area contributed by atoms with Gasteiger partial charge in [0.15, 0.2) is 11.5 Å². The van der Waals surface area contributed by atoms with E-state index in [9.17, 15) is 10.2 Å². The monoisotopic (exact) mass is 300 g/mol. The molecule has 0 fully saturated rings. The van der Waals surface area contributed by atoms with Crippen LogP contribution in [-0.4, -0.2) is 15.2 Å². The van der Waals surface area contributed by atoms with Gasteiger partial charge in [-0.1, -0.05) is 24.3 Å². The van der Waals surface area contributed by atoms with Crippen molar-refractivity contribution in [2.24, 2.45) is 0 Å². The molecule has 23 heavy (non-hydrogen) atoms. The van der Waals surface area contributed by atoms with Gasteiger partial charge >= 0.3 is 0 Å². The van der Waals surface area contributed by atoms with Gasteiger partial charge in [-0.15, -0.1) is 0 Å². The van der Waals surface area contributed by atoms with Gasteiger partial charge in [-0.2, -0.15) is 5.26 Å². The third kappa shape index (κ3) is 1.91. The maximum Gasteiger partial charge on any atom is 0.166 e. The lowest BCUT2D eigenvalue weighted by molar-refractivity contribution is 0.406. The first-order valence-electron chi connectivity index (χ1n) is 7.14. The molecule has 0 bridgehead atoms.